The Hall–Kier alpha value is -0.863. The van der Waals surface area contributed by atoms with E-state index in [9.17, 15) is 4.80 Å². The zero-order valence-electron chi connectivity index (χ0n) is 8.90. The standard InChI is InChI=1S/C12H18OSi/c1-14(2,13)11-7-6-10-12-8-4-3-5-9-12/h3-6,8-10,13H,7,11H2,1-2H3. The second-order valence-electron chi connectivity index (χ2n) is 4.16. The monoisotopic (exact) mass is 206 g/mol. The molecule has 0 atom stereocenters. The van der Waals surface area contributed by atoms with E-state index in [1.165, 1.54) is 5.56 Å². The third kappa shape index (κ3) is 4.99. The highest BCUT2D eigenvalue weighted by molar-refractivity contribution is 6.69. The molecule has 2 heteroatoms. The molecule has 14 heavy (non-hydrogen) atoms. The maximum Gasteiger partial charge on any atom is 0.182 e. The summed E-state index contributed by atoms with van der Waals surface area (Å²) in [5.41, 5.74) is 1.23. The van der Waals surface area contributed by atoms with Crippen LogP contribution in [0.1, 0.15) is 12.0 Å². The molecular formula is C12H18OSi. The van der Waals surface area contributed by atoms with Crippen molar-refractivity contribution in [2.75, 3.05) is 0 Å². The largest absolute Gasteiger partial charge is 0.432 e. The molecule has 0 saturated heterocycles. The van der Waals surface area contributed by atoms with Gasteiger partial charge in [0.2, 0.25) is 0 Å². The zero-order chi connectivity index (χ0) is 10.4. The van der Waals surface area contributed by atoms with Crippen LogP contribution in [0.4, 0.5) is 0 Å². The molecule has 0 saturated carbocycles. The zero-order valence-corrected chi connectivity index (χ0v) is 9.90. The molecule has 0 bridgehead atoms. The Morgan fingerprint density at radius 3 is 2.43 bits per heavy atom. The summed E-state index contributed by atoms with van der Waals surface area (Å²) < 4.78 is 0. The third-order valence-corrected chi connectivity index (χ3v) is 3.54. The van der Waals surface area contributed by atoms with Crippen LogP contribution < -0.4 is 0 Å². The van der Waals surface area contributed by atoms with E-state index in [2.05, 4.69) is 24.3 Å². The van der Waals surface area contributed by atoms with Crippen LogP contribution in [-0.2, 0) is 0 Å². The SMILES string of the molecule is C[Si](C)(O)CCC=Cc1ccccc1. The quantitative estimate of drug-likeness (QED) is 0.750. The predicted molar refractivity (Wildman–Crippen MR) is 64.6 cm³/mol. The van der Waals surface area contributed by atoms with Crippen LogP contribution in [0, 0.1) is 0 Å². The molecule has 0 aromatic heterocycles. The van der Waals surface area contributed by atoms with E-state index in [1.54, 1.807) is 0 Å². The summed E-state index contributed by atoms with van der Waals surface area (Å²) in [5.74, 6) is 0. The third-order valence-electron chi connectivity index (χ3n) is 2.03. The highest BCUT2D eigenvalue weighted by atomic mass is 28.4. The van der Waals surface area contributed by atoms with E-state index in [1.807, 2.05) is 31.3 Å². The maximum absolute atomic E-state index is 9.62. The highest BCUT2D eigenvalue weighted by Gasteiger charge is 2.14. The summed E-state index contributed by atoms with van der Waals surface area (Å²) in [6.45, 7) is 3.95. The van der Waals surface area contributed by atoms with Gasteiger partial charge in [0.1, 0.15) is 0 Å². The Labute approximate surface area is 87.2 Å². The fourth-order valence-corrected chi connectivity index (χ4v) is 2.09. The van der Waals surface area contributed by atoms with Crippen molar-refractivity contribution in [3.8, 4) is 0 Å². The van der Waals surface area contributed by atoms with Gasteiger partial charge in [-0.25, -0.2) is 0 Å². The Kier molecular flexibility index (Phi) is 4.11. The van der Waals surface area contributed by atoms with Gasteiger partial charge in [-0.15, -0.1) is 0 Å². The number of rotatable bonds is 4. The molecule has 0 heterocycles. The molecule has 1 N–H and O–H groups in total. The maximum atomic E-state index is 9.62. The Morgan fingerprint density at radius 1 is 1.21 bits per heavy atom. The van der Waals surface area contributed by atoms with E-state index < -0.39 is 8.32 Å². The van der Waals surface area contributed by atoms with Crippen LogP contribution in [-0.4, -0.2) is 13.1 Å². The van der Waals surface area contributed by atoms with Crippen molar-refractivity contribution in [3.05, 3.63) is 42.0 Å². The van der Waals surface area contributed by atoms with Gasteiger partial charge in [-0.2, -0.15) is 0 Å². The molecule has 1 aromatic rings. The summed E-state index contributed by atoms with van der Waals surface area (Å²) in [6, 6.07) is 11.2. The van der Waals surface area contributed by atoms with Gasteiger partial charge in [0.05, 0.1) is 0 Å². The first-order chi connectivity index (χ1) is 6.58. The fraction of sp³-hybridized carbons (Fsp3) is 0.333. The second-order valence-corrected chi connectivity index (χ2v) is 8.29. The van der Waals surface area contributed by atoms with Crippen molar-refractivity contribution in [1.29, 1.82) is 0 Å². The predicted octanol–water partition coefficient (Wildman–Crippen LogP) is 3.29. The molecule has 1 nitrogen and oxygen atoms in total. The topological polar surface area (TPSA) is 20.2 Å². The van der Waals surface area contributed by atoms with Gasteiger partial charge >= 0.3 is 0 Å². The molecular weight excluding hydrogens is 188 g/mol. The van der Waals surface area contributed by atoms with E-state index in [0.717, 1.165) is 12.5 Å². The Bertz CT molecular complexity index is 285. The minimum Gasteiger partial charge on any atom is -0.432 e. The van der Waals surface area contributed by atoms with Crippen LogP contribution in [0.3, 0.4) is 0 Å². The molecule has 0 radical (unpaired) electrons. The van der Waals surface area contributed by atoms with E-state index in [0.29, 0.717) is 0 Å². The minimum absolute atomic E-state index is 0.941. The van der Waals surface area contributed by atoms with Crippen molar-refractivity contribution in [2.24, 2.45) is 0 Å². The first kappa shape index (κ1) is 11.2. The first-order valence-corrected chi connectivity index (χ1v) is 8.17. The number of allylic oxidation sites excluding steroid dienone is 1. The molecule has 0 aliphatic rings. The van der Waals surface area contributed by atoms with Gasteiger partial charge in [0.25, 0.3) is 0 Å². The molecule has 0 amide bonds. The molecule has 0 spiro atoms. The van der Waals surface area contributed by atoms with Crippen molar-refractivity contribution >= 4 is 14.4 Å². The fourth-order valence-electron chi connectivity index (χ4n) is 1.22. The van der Waals surface area contributed by atoms with Crippen molar-refractivity contribution in [2.45, 2.75) is 25.6 Å². The van der Waals surface area contributed by atoms with Crippen LogP contribution in [0.15, 0.2) is 36.4 Å². The van der Waals surface area contributed by atoms with Gasteiger partial charge in [0, 0.05) is 0 Å². The van der Waals surface area contributed by atoms with Gasteiger partial charge in [-0.05, 0) is 31.1 Å². The summed E-state index contributed by atoms with van der Waals surface area (Å²) in [7, 11) is -1.85. The van der Waals surface area contributed by atoms with Crippen LogP contribution in [0.2, 0.25) is 19.1 Å². The van der Waals surface area contributed by atoms with Crippen molar-refractivity contribution < 1.29 is 4.80 Å². The van der Waals surface area contributed by atoms with Gasteiger partial charge < -0.3 is 4.80 Å². The molecule has 0 aliphatic heterocycles. The molecule has 0 fully saturated rings. The van der Waals surface area contributed by atoms with Gasteiger partial charge in [-0.3, -0.25) is 0 Å². The van der Waals surface area contributed by atoms with Crippen LogP contribution >= 0.6 is 0 Å². The minimum atomic E-state index is -1.85. The van der Waals surface area contributed by atoms with E-state index in [-0.39, 0.29) is 0 Å². The average molecular weight is 206 g/mol. The van der Waals surface area contributed by atoms with E-state index >= 15 is 0 Å². The lowest BCUT2D eigenvalue weighted by atomic mass is 10.2. The lowest BCUT2D eigenvalue weighted by Gasteiger charge is -2.10. The van der Waals surface area contributed by atoms with Gasteiger partial charge in [0.15, 0.2) is 8.32 Å². The number of hydrogen-bond donors (Lipinski definition) is 1. The second kappa shape index (κ2) is 5.13. The highest BCUT2D eigenvalue weighted by Crippen LogP contribution is 2.09. The average Bonchev–Trinajstić information content (AvgIpc) is 2.13. The number of benzene rings is 1. The molecule has 0 unspecified atom stereocenters. The Morgan fingerprint density at radius 2 is 1.86 bits per heavy atom. The summed E-state index contributed by atoms with van der Waals surface area (Å²) >= 11 is 0. The lowest BCUT2D eigenvalue weighted by Crippen LogP contribution is -2.23. The smallest absolute Gasteiger partial charge is 0.182 e. The summed E-state index contributed by atoms with van der Waals surface area (Å²) in [5, 5.41) is 0. The van der Waals surface area contributed by atoms with Crippen molar-refractivity contribution in [3.63, 3.8) is 0 Å². The molecule has 1 aromatic carbocycles. The normalized spacial score (nSPS) is 12.2. The van der Waals surface area contributed by atoms with E-state index in [4.69, 9.17) is 0 Å². The first-order valence-electron chi connectivity index (χ1n) is 5.02. The van der Waals surface area contributed by atoms with Crippen molar-refractivity contribution in [1.82, 2.24) is 0 Å². The molecule has 1 rings (SSSR count). The summed E-state index contributed by atoms with van der Waals surface area (Å²) in [6.07, 6.45) is 5.23. The molecule has 76 valence electrons. The lowest BCUT2D eigenvalue weighted by molar-refractivity contribution is 0.548. The molecule has 0 aliphatic carbocycles. The number of hydrogen-bond acceptors (Lipinski definition) is 1. The summed E-state index contributed by atoms with van der Waals surface area (Å²) in [4.78, 5) is 9.62. The van der Waals surface area contributed by atoms with Crippen LogP contribution in [0.25, 0.3) is 6.08 Å². The van der Waals surface area contributed by atoms with Crippen LogP contribution in [0.5, 0.6) is 0 Å². The Balaban J connectivity index is 2.35. The van der Waals surface area contributed by atoms with Gasteiger partial charge in [-0.1, -0.05) is 42.5 Å².